The van der Waals surface area contributed by atoms with Crippen LogP contribution in [0.15, 0.2) is 42.0 Å². The molecule has 28 heavy (non-hydrogen) atoms. The molecule has 1 amide bonds. The summed E-state index contributed by atoms with van der Waals surface area (Å²) in [7, 11) is 3.83. The maximum absolute atomic E-state index is 12.6. The van der Waals surface area contributed by atoms with Crippen molar-refractivity contribution in [1.29, 1.82) is 0 Å². The van der Waals surface area contributed by atoms with Crippen LogP contribution < -0.4 is 0 Å². The number of hydrogen-bond donors (Lipinski definition) is 1. The number of carbonyl (C=O) groups excluding carboxylic acids is 1. The molecule has 3 rings (SSSR count). The first-order valence-corrected chi connectivity index (χ1v) is 9.72. The van der Waals surface area contributed by atoms with E-state index in [2.05, 4.69) is 32.9 Å². The van der Waals surface area contributed by atoms with Gasteiger partial charge in [0.15, 0.2) is 0 Å². The molecule has 1 aliphatic heterocycles. The zero-order valence-electron chi connectivity index (χ0n) is 17.5. The zero-order chi connectivity index (χ0) is 20.7. The van der Waals surface area contributed by atoms with Gasteiger partial charge in [0.2, 0.25) is 5.91 Å². The molecule has 0 fully saturated rings. The Kier molecular flexibility index (Phi) is 5.24. The molecule has 5 heteroatoms. The third kappa shape index (κ3) is 3.63. The average Bonchev–Trinajstić information content (AvgIpc) is 2.60. The second kappa shape index (κ2) is 7.21. The summed E-state index contributed by atoms with van der Waals surface area (Å²) in [4.78, 5) is 27.6. The predicted octanol–water partition coefficient (Wildman–Crippen LogP) is 3.53. The molecule has 1 aliphatic carbocycles. The summed E-state index contributed by atoms with van der Waals surface area (Å²) in [6.07, 6.45) is 5.37. The maximum atomic E-state index is 12.6. The molecule has 1 heterocycles. The highest BCUT2D eigenvalue weighted by Crippen LogP contribution is 2.55. The Morgan fingerprint density at radius 2 is 1.75 bits per heavy atom. The number of likely N-dealkylation sites (N-methyl/N-ethyl adjacent to an activating group) is 1. The number of carbonyl (C=O) groups is 2. The van der Waals surface area contributed by atoms with E-state index in [-0.39, 0.29) is 16.7 Å². The van der Waals surface area contributed by atoms with Crippen LogP contribution in [0.25, 0.3) is 5.57 Å². The van der Waals surface area contributed by atoms with Gasteiger partial charge in [0.25, 0.3) is 0 Å². The van der Waals surface area contributed by atoms with Crippen molar-refractivity contribution < 1.29 is 14.7 Å². The largest absolute Gasteiger partial charge is 0.478 e. The van der Waals surface area contributed by atoms with Crippen molar-refractivity contribution in [3.05, 3.63) is 53.1 Å². The van der Waals surface area contributed by atoms with Gasteiger partial charge in [-0.05, 0) is 43.8 Å². The summed E-state index contributed by atoms with van der Waals surface area (Å²) < 4.78 is 0. The molecule has 150 valence electrons. The monoisotopic (exact) mass is 382 g/mol. The summed E-state index contributed by atoms with van der Waals surface area (Å²) in [6, 6.07) is 7.13. The van der Waals surface area contributed by atoms with Gasteiger partial charge in [-0.25, -0.2) is 4.79 Å². The number of hydrogen-bond acceptors (Lipinski definition) is 3. The lowest BCUT2D eigenvalue weighted by Crippen LogP contribution is -2.50. The van der Waals surface area contributed by atoms with Crippen LogP contribution in [0.2, 0.25) is 0 Å². The molecule has 1 atom stereocenters. The highest BCUT2D eigenvalue weighted by atomic mass is 16.4. The first kappa shape index (κ1) is 20.3. The summed E-state index contributed by atoms with van der Waals surface area (Å²) in [5.74, 6) is -0.744. The van der Waals surface area contributed by atoms with Gasteiger partial charge in [-0.3, -0.25) is 4.79 Å². The van der Waals surface area contributed by atoms with Crippen molar-refractivity contribution in [3.63, 3.8) is 0 Å². The van der Waals surface area contributed by atoms with E-state index in [4.69, 9.17) is 5.11 Å². The molecule has 0 unspecified atom stereocenters. The fourth-order valence-corrected chi connectivity index (χ4v) is 4.76. The van der Waals surface area contributed by atoms with Crippen molar-refractivity contribution in [2.24, 2.45) is 10.8 Å². The zero-order valence-corrected chi connectivity index (χ0v) is 17.5. The number of benzene rings is 1. The Balaban J connectivity index is 1.90. The van der Waals surface area contributed by atoms with Crippen LogP contribution in [0.4, 0.5) is 0 Å². The third-order valence-corrected chi connectivity index (χ3v) is 6.06. The fraction of sp³-hybridized carbons (Fsp3) is 0.478. The molecule has 2 aliphatic rings. The van der Waals surface area contributed by atoms with Gasteiger partial charge in [-0.2, -0.15) is 0 Å². The summed E-state index contributed by atoms with van der Waals surface area (Å²) >= 11 is 0. The first-order valence-electron chi connectivity index (χ1n) is 9.72. The van der Waals surface area contributed by atoms with Crippen LogP contribution in [0.3, 0.4) is 0 Å². The van der Waals surface area contributed by atoms with E-state index in [1.807, 2.05) is 36.0 Å². The van der Waals surface area contributed by atoms with Crippen LogP contribution in [0.1, 0.15) is 43.1 Å². The minimum atomic E-state index is -0.909. The molecular formula is C23H30N2O3. The average molecular weight is 383 g/mol. The standard InChI is InChI=1S/C23H30N2O3/c1-22(2)18(16-6-8-17(9-7-16)21(27)28)10-12-23(3)15-25(13-11-19(22)23)20(26)14-24(4)5/h6-11H,12-15H2,1-5H3,(H,27,28)/t23-/m1/s1. The summed E-state index contributed by atoms with van der Waals surface area (Å²) in [5, 5.41) is 9.14. The molecule has 1 aromatic carbocycles. The molecule has 0 spiro atoms. The second-order valence-corrected chi connectivity index (χ2v) is 9.02. The topological polar surface area (TPSA) is 60.9 Å². The van der Waals surface area contributed by atoms with E-state index < -0.39 is 5.97 Å². The van der Waals surface area contributed by atoms with Crippen molar-refractivity contribution in [1.82, 2.24) is 9.80 Å². The third-order valence-electron chi connectivity index (χ3n) is 6.06. The van der Waals surface area contributed by atoms with E-state index in [9.17, 15) is 9.59 Å². The van der Waals surface area contributed by atoms with Gasteiger partial charge in [0.05, 0.1) is 12.1 Å². The lowest BCUT2D eigenvalue weighted by atomic mass is 9.58. The smallest absolute Gasteiger partial charge is 0.335 e. The van der Waals surface area contributed by atoms with Gasteiger partial charge in [-0.1, -0.05) is 50.6 Å². The van der Waals surface area contributed by atoms with E-state index in [1.54, 1.807) is 12.1 Å². The number of nitrogens with zero attached hydrogens (tertiary/aromatic N) is 2. The highest BCUT2D eigenvalue weighted by Gasteiger charge is 2.46. The van der Waals surface area contributed by atoms with E-state index in [0.717, 1.165) is 18.5 Å². The number of carboxylic acids is 1. The molecule has 5 nitrogen and oxygen atoms in total. The number of carboxylic acid groups (broad SMARTS) is 1. The van der Waals surface area contributed by atoms with E-state index >= 15 is 0 Å². The summed E-state index contributed by atoms with van der Waals surface area (Å²) in [6.45, 7) is 8.51. The van der Waals surface area contributed by atoms with Crippen molar-refractivity contribution in [3.8, 4) is 0 Å². The Labute approximate surface area is 167 Å². The van der Waals surface area contributed by atoms with Gasteiger partial charge >= 0.3 is 5.97 Å². The number of fused-ring (bicyclic) bond motifs is 1. The van der Waals surface area contributed by atoms with Gasteiger partial charge in [-0.15, -0.1) is 0 Å². The van der Waals surface area contributed by atoms with Crippen LogP contribution in [-0.2, 0) is 4.79 Å². The number of rotatable bonds is 4. The molecule has 0 saturated carbocycles. The normalized spacial score (nSPS) is 23.7. The minimum Gasteiger partial charge on any atom is -0.478 e. The predicted molar refractivity (Wildman–Crippen MR) is 111 cm³/mol. The quantitative estimate of drug-likeness (QED) is 0.809. The Bertz CT molecular complexity index is 849. The lowest BCUT2D eigenvalue weighted by molar-refractivity contribution is -0.133. The van der Waals surface area contributed by atoms with Crippen LogP contribution in [0.5, 0.6) is 0 Å². The Hall–Kier alpha value is -2.40. The fourth-order valence-electron chi connectivity index (χ4n) is 4.76. The molecular weight excluding hydrogens is 352 g/mol. The Morgan fingerprint density at radius 1 is 1.11 bits per heavy atom. The van der Waals surface area contributed by atoms with Crippen LogP contribution in [0, 0.1) is 10.8 Å². The second-order valence-electron chi connectivity index (χ2n) is 9.02. The Morgan fingerprint density at radius 3 is 2.32 bits per heavy atom. The molecule has 0 saturated heterocycles. The highest BCUT2D eigenvalue weighted by molar-refractivity contribution is 5.88. The van der Waals surface area contributed by atoms with Crippen molar-refractivity contribution >= 4 is 17.4 Å². The SMILES string of the molecule is CN(C)CC(=O)N1CC=C2C(C)(C)C(c3ccc(C(=O)O)cc3)=CC[C@]2(C)C1. The molecule has 0 aromatic heterocycles. The van der Waals surface area contributed by atoms with Crippen molar-refractivity contribution in [2.75, 3.05) is 33.7 Å². The molecule has 0 radical (unpaired) electrons. The number of aromatic carboxylic acids is 1. The molecule has 1 N–H and O–H groups in total. The summed E-state index contributed by atoms with van der Waals surface area (Å²) in [5.41, 5.74) is 3.71. The van der Waals surface area contributed by atoms with Crippen LogP contribution >= 0.6 is 0 Å². The van der Waals surface area contributed by atoms with E-state index in [0.29, 0.717) is 18.7 Å². The van der Waals surface area contributed by atoms with Crippen molar-refractivity contribution in [2.45, 2.75) is 27.2 Å². The molecule has 1 aromatic rings. The first-order chi connectivity index (χ1) is 13.0. The van der Waals surface area contributed by atoms with Gasteiger partial charge < -0.3 is 14.9 Å². The lowest BCUT2D eigenvalue weighted by Gasteiger charge is -2.50. The van der Waals surface area contributed by atoms with Gasteiger partial charge in [0, 0.05) is 23.9 Å². The van der Waals surface area contributed by atoms with Gasteiger partial charge in [0.1, 0.15) is 0 Å². The number of amides is 1. The maximum Gasteiger partial charge on any atom is 0.335 e. The van der Waals surface area contributed by atoms with E-state index in [1.165, 1.54) is 11.1 Å². The van der Waals surface area contributed by atoms with Crippen LogP contribution in [-0.4, -0.2) is 60.5 Å². The number of allylic oxidation sites excluding steroid dienone is 2. The molecule has 0 bridgehead atoms. The minimum absolute atomic E-state index is 0.0752.